The van der Waals surface area contributed by atoms with E-state index in [2.05, 4.69) is 10.2 Å². The van der Waals surface area contributed by atoms with E-state index in [1.54, 1.807) is 29.2 Å². The van der Waals surface area contributed by atoms with Crippen LogP contribution in [0.15, 0.2) is 42.5 Å². The van der Waals surface area contributed by atoms with Crippen molar-refractivity contribution < 1.29 is 19.1 Å². The largest absolute Gasteiger partial charge is 0.396 e. The summed E-state index contributed by atoms with van der Waals surface area (Å²) in [6.45, 7) is 2.81. The maximum absolute atomic E-state index is 13.3. The summed E-state index contributed by atoms with van der Waals surface area (Å²) in [6.07, 6.45) is 1.73. The van der Waals surface area contributed by atoms with Crippen molar-refractivity contribution in [1.82, 2.24) is 15.1 Å². The van der Waals surface area contributed by atoms with Crippen molar-refractivity contribution >= 4 is 35.0 Å². The van der Waals surface area contributed by atoms with Crippen molar-refractivity contribution in [2.75, 3.05) is 39.3 Å². The number of benzene rings is 2. The molecule has 4 rings (SSSR count). The zero-order chi connectivity index (χ0) is 24.2. The van der Waals surface area contributed by atoms with Crippen molar-refractivity contribution in [1.29, 1.82) is 0 Å². The lowest BCUT2D eigenvalue weighted by Gasteiger charge is -2.41. The molecule has 0 saturated carbocycles. The minimum Gasteiger partial charge on any atom is -0.396 e. The van der Waals surface area contributed by atoms with Crippen molar-refractivity contribution in [2.45, 2.75) is 24.8 Å². The molecule has 0 spiro atoms. The molecule has 6 nitrogen and oxygen atoms in total. The van der Waals surface area contributed by atoms with Gasteiger partial charge in [-0.2, -0.15) is 0 Å². The summed E-state index contributed by atoms with van der Waals surface area (Å²) < 4.78 is 13.3. The highest BCUT2D eigenvalue weighted by atomic mass is 35.5. The van der Waals surface area contributed by atoms with Crippen molar-refractivity contribution in [2.24, 2.45) is 5.92 Å². The van der Waals surface area contributed by atoms with E-state index in [9.17, 15) is 19.1 Å². The molecule has 2 aromatic rings. The summed E-state index contributed by atoms with van der Waals surface area (Å²) in [5.74, 6) is -0.509. The van der Waals surface area contributed by atoms with Crippen molar-refractivity contribution in [3.8, 4) is 0 Å². The molecule has 2 aliphatic heterocycles. The molecule has 2 saturated heterocycles. The van der Waals surface area contributed by atoms with Gasteiger partial charge in [0.15, 0.2) is 0 Å². The van der Waals surface area contributed by atoms with Crippen LogP contribution in [-0.2, 0) is 4.79 Å². The van der Waals surface area contributed by atoms with E-state index < -0.39 is 0 Å². The van der Waals surface area contributed by atoms with Crippen molar-refractivity contribution in [3.05, 3.63) is 69.5 Å². The summed E-state index contributed by atoms with van der Waals surface area (Å²) in [6, 6.07) is 11.4. The van der Waals surface area contributed by atoms with E-state index >= 15 is 0 Å². The van der Waals surface area contributed by atoms with Gasteiger partial charge in [-0.25, -0.2) is 4.39 Å². The normalized spacial score (nSPS) is 23.2. The van der Waals surface area contributed by atoms with Gasteiger partial charge < -0.3 is 15.3 Å². The highest BCUT2D eigenvalue weighted by molar-refractivity contribution is 6.42. The van der Waals surface area contributed by atoms with Crippen LogP contribution in [0.2, 0.25) is 10.0 Å². The highest BCUT2D eigenvalue weighted by Gasteiger charge is 2.36. The first kappa shape index (κ1) is 24.9. The van der Waals surface area contributed by atoms with Gasteiger partial charge in [0.25, 0.3) is 5.91 Å². The van der Waals surface area contributed by atoms with Gasteiger partial charge in [0, 0.05) is 43.8 Å². The minimum atomic E-state index is -0.378. The molecule has 2 fully saturated rings. The van der Waals surface area contributed by atoms with Crippen LogP contribution in [0.4, 0.5) is 4.39 Å². The molecule has 2 aliphatic rings. The number of aliphatic hydroxyl groups is 1. The summed E-state index contributed by atoms with van der Waals surface area (Å²) in [5, 5.41) is 13.3. The summed E-state index contributed by atoms with van der Waals surface area (Å²) in [5.41, 5.74) is 1.40. The molecule has 0 aromatic heterocycles. The van der Waals surface area contributed by atoms with Gasteiger partial charge in [0.05, 0.1) is 16.6 Å². The molecule has 0 aliphatic carbocycles. The van der Waals surface area contributed by atoms with E-state index in [4.69, 9.17) is 23.2 Å². The lowest BCUT2D eigenvalue weighted by atomic mass is 9.80. The third-order valence-corrected chi connectivity index (χ3v) is 7.65. The van der Waals surface area contributed by atoms with E-state index in [-0.39, 0.29) is 53.7 Å². The number of rotatable bonds is 6. The number of hydrogen-bond donors (Lipinski definition) is 2. The van der Waals surface area contributed by atoms with Gasteiger partial charge in [-0.15, -0.1) is 0 Å². The van der Waals surface area contributed by atoms with Gasteiger partial charge >= 0.3 is 0 Å². The Balaban J connectivity index is 1.28. The third-order valence-electron chi connectivity index (χ3n) is 6.91. The van der Waals surface area contributed by atoms with Gasteiger partial charge in [0.2, 0.25) is 5.91 Å². The Hall–Kier alpha value is -2.19. The molecule has 0 bridgehead atoms. The second-order valence-electron chi connectivity index (χ2n) is 8.98. The van der Waals surface area contributed by atoms with Crippen LogP contribution < -0.4 is 5.32 Å². The molecule has 0 radical (unpaired) electrons. The first-order valence-electron chi connectivity index (χ1n) is 11.5. The number of hydrogen-bond acceptors (Lipinski definition) is 4. The molecular weight excluding hydrogens is 480 g/mol. The van der Waals surface area contributed by atoms with Crippen LogP contribution in [0.1, 0.15) is 34.7 Å². The molecular formula is C25H28Cl2FN3O3. The quantitative estimate of drug-likeness (QED) is 0.626. The maximum atomic E-state index is 13.3. The van der Waals surface area contributed by atoms with Crippen LogP contribution in [0.25, 0.3) is 0 Å². The highest BCUT2D eigenvalue weighted by Crippen LogP contribution is 2.34. The Morgan fingerprint density at radius 1 is 1.03 bits per heavy atom. The average Bonchev–Trinajstić information content (AvgIpc) is 3.34. The lowest BCUT2D eigenvalue weighted by molar-refractivity contribution is -0.129. The molecule has 3 atom stereocenters. The fraction of sp³-hybridized carbons (Fsp3) is 0.440. The second kappa shape index (κ2) is 11.0. The Bertz CT molecular complexity index is 1040. The number of aliphatic hydroxyl groups excluding tert-OH is 1. The van der Waals surface area contributed by atoms with Gasteiger partial charge in [0.1, 0.15) is 5.82 Å². The third kappa shape index (κ3) is 5.71. The molecule has 34 heavy (non-hydrogen) atoms. The molecule has 2 N–H and O–H groups in total. The number of piperidine rings is 1. The molecule has 2 amide bonds. The number of halogens is 3. The van der Waals surface area contributed by atoms with Gasteiger partial charge in [-0.05, 0) is 61.2 Å². The predicted molar refractivity (Wildman–Crippen MR) is 130 cm³/mol. The number of nitrogens with zero attached hydrogens (tertiary/aromatic N) is 2. The van der Waals surface area contributed by atoms with Gasteiger partial charge in [-0.1, -0.05) is 35.3 Å². The average molecular weight is 508 g/mol. The predicted octanol–water partition coefficient (Wildman–Crippen LogP) is 3.56. The van der Waals surface area contributed by atoms with Crippen LogP contribution in [-0.4, -0.2) is 72.1 Å². The first-order valence-corrected chi connectivity index (χ1v) is 12.2. The van der Waals surface area contributed by atoms with Crippen molar-refractivity contribution in [3.63, 3.8) is 0 Å². The standard InChI is InChI=1S/C25H28Cl2FN3O3/c26-22-6-3-17(11-23(22)27)25(34)29-12-24(33)31-9-7-20(14-31)30-10-8-21(18(13-30)15-32)16-1-4-19(28)5-2-16/h1-6,11,18,20-21,32H,7-10,12-15H2,(H,29,34)/t18-,20?,21-/m0/s1. The number of carbonyl (C=O) groups is 2. The fourth-order valence-corrected chi connectivity index (χ4v) is 5.30. The number of likely N-dealkylation sites (tertiary alicyclic amines) is 2. The summed E-state index contributed by atoms with van der Waals surface area (Å²) in [7, 11) is 0. The smallest absolute Gasteiger partial charge is 0.251 e. The van der Waals surface area contributed by atoms with Crippen LogP contribution in [0.3, 0.4) is 0 Å². The fourth-order valence-electron chi connectivity index (χ4n) is 5.00. The van der Waals surface area contributed by atoms with Gasteiger partial charge in [-0.3, -0.25) is 14.5 Å². The monoisotopic (exact) mass is 507 g/mol. The second-order valence-corrected chi connectivity index (χ2v) is 9.79. The molecule has 2 heterocycles. The summed E-state index contributed by atoms with van der Waals surface area (Å²) in [4.78, 5) is 29.2. The van der Waals surface area contributed by atoms with Crippen LogP contribution in [0, 0.1) is 11.7 Å². The topological polar surface area (TPSA) is 72.9 Å². The maximum Gasteiger partial charge on any atom is 0.251 e. The molecule has 2 aromatic carbocycles. The number of nitrogens with one attached hydrogen (secondary N) is 1. The lowest BCUT2D eigenvalue weighted by Crippen LogP contribution is -2.48. The van der Waals surface area contributed by atoms with E-state index in [1.807, 2.05) is 0 Å². The van der Waals surface area contributed by atoms with Crippen LogP contribution in [0.5, 0.6) is 0 Å². The summed E-state index contributed by atoms with van der Waals surface area (Å²) >= 11 is 11.8. The van der Waals surface area contributed by atoms with E-state index in [1.165, 1.54) is 18.2 Å². The Morgan fingerprint density at radius 2 is 1.79 bits per heavy atom. The number of carbonyl (C=O) groups excluding carboxylic acids is 2. The zero-order valence-electron chi connectivity index (χ0n) is 18.7. The Kier molecular flexibility index (Phi) is 8.09. The SMILES string of the molecule is O=C(NCC(=O)N1CCC(N2CC[C@@H](c3ccc(F)cc3)[C@H](CO)C2)C1)c1ccc(Cl)c(Cl)c1. The molecule has 9 heteroatoms. The van der Waals surface area contributed by atoms with E-state index in [0.29, 0.717) is 23.7 Å². The van der Waals surface area contributed by atoms with E-state index in [0.717, 1.165) is 31.5 Å². The van der Waals surface area contributed by atoms with Crippen LogP contribution >= 0.6 is 23.2 Å². The zero-order valence-corrected chi connectivity index (χ0v) is 20.2. The minimum absolute atomic E-state index is 0.0641. The molecule has 182 valence electrons. The first-order chi connectivity index (χ1) is 16.4. The molecule has 1 unspecified atom stereocenters. The Morgan fingerprint density at radius 3 is 2.50 bits per heavy atom. The number of amides is 2. The Labute approximate surface area is 208 Å².